The van der Waals surface area contributed by atoms with Crippen molar-refractivity contribution in [1.82, 2.24) is 4.90 Å². The Morgan fingerprint density at radius 1 is 1.17 bits per heavy atom. The Morgan fingerprint density at radius 3 is 2.83 bits per heavy atom. The van der Waals surface area contributed by atoms with Gasteiger partial charge in [-0.2, -0.15) is 0 Å². The summed E-state index contributed by atoms with van der Waals surface area (Å²) in [5, 5.41) is 0.762. The average molecular weight is 340 g/mol. The van der Waals surface area contributed by atoms with Crippen LogP contribution in [0.15, 0.2) is 42.5 Å². The topological polar surface area (TPSA) is 20.3 Å². The van der Waals surface area contributed by atoms with E-state index >= 15 is 0 Å². The molecule has 1 aliphatic heterocycles. The minimum atomic E-state index is 0.109. The number of halogens is 1. The average Bonchev–Trinajstić information content (AvgIpc) is 3.14. The van der Waals surface area contributed by atoms with Crippen LogP contribution in [0, 0.1) is 12.8 Å². The third-order valence-corrected chi connectivity index (χ3v) is 5.83. The van der Waals surface area contributed by atoms with Gasteiger partial charge in [0.15, 0.2) is 0 Å². The zero-order valence-electron chi connectivity index (χ0n) is 14.0. The summed E-state index contributed by atoms with van der Waals surface area (Å²) in [5.41, 5.74) is 5.19. The van der Waals surface area contributed by atoms with Gasteiger partial charge in [-0.3, -0.25) is 4.79 Å². The zero-order chi connectivity index (χ0) is 16.7. The molecule has 0 N–H and O–H groups in total. The maximum absolute atomic E-state index is 13.0. The standard InChI is InChI=1S/C21H22ClNO/c1-14-12-18(22)8-6-16(14)13-17-10-11-23(21(17)24)20-9-7-15-4-2-3-5-19(15)20/h2-6,8,12,17,20H,7,9-11,13H2,1H3. The van der Waals surface area contributed by atoms with Gasteiger partial charge in [-0.05, 0) is 67.0 Å². The molecule has 1 fully saturated rings. The van der Waals surface area contributed by atoms with Crippen LogP contribution < -0.4 is 0 Å². The van der Waals surface area contributed by atoms with Crippen LogP contribution in [-0.2, 0) is 17.6 Å². The minimum absolute atomic E-state index is 0.109. The van der Waals surface area contributed by atoms with Gasteiger partial charge in [0.2, 0.25) is 5.91 Å². The first kappa shape index (κ1) is 15.7. The predicted molar refractivity (Wildman–Crippen MR) is 97.2 cm³/mol. The molecule has 4 rings (SSSR count). The maximum Gasteiger partial charge on any atom is 0.226 e. The fourth-order valence-corrected chi connectivity index (χ4v) is 4.50. The highest BCUT2D eigenvalue weighted by atomic mass is 35.5. The summed E-state index contributed by atoms with van der Waals surface area (Å²) in [6.45, 7) is 2.96. The number of hydrogen-bond acceptors (Lipinski definition) is 1. The van der Waals surface area contributed by atoms with E-state index < -0.39 is 0 Å². The van der Waals surface area contributed by atoms with Crippen molar-refractivity contribution in [2.24, 2.45) is 5.92 Å². The van der Waals surface area contributed by atoms with E-state index in [0.717, 1.165) is 37.3 Å². The van der Waals surface area contributed by atoms with Gasteiger partial charge in [0.25, 0.3) is 0 Å². The van der Waals surface area contributed by atoms with Crippen molar-refractivity contribution in [2.45, 2.75) is 38.6 Å². The first-order chi connectivity index (χ1) is 11.6. The molecule has 124 valence electrons. The summed E-state index contributed by atoms with van der Waals surface area (Å²) in [5.74, 6) is 0.434. The Hall–Kier alpha value is -1.80. The molecule has 3 heteroatoms. The Balaban J connectivity index is 1.51. The number of fused-ring (bicyclic) bond motifs is 1. The summed E-state index contributed by atoms with van der Waals surface area (Å²) < 4.78 is 0. The number of nitrogens with zero attached hydrogens (tertiary/aromatic N) is 1. The van der Waals surface area contributed by atoms with Crippen LogP contribution >= 0.6 is 11.6 Å². The molecule has 1 saturated heterocycles. The normalized spacial score (nSPS) is 22.9. The molecule has 24 heavy (non-hydrogen) atoms. The number of amides is 1. The molecule has 0 bridgehead atoms. The molecule has 2 atom stereocenters. The third kappa shape index (κ3) is 2.73. The van der Waals surface area contributed by atoms with Crippen LogP contribution in [0.2, 0.25) is 5.02 Å². The highest BCUT2D eigenvalue weighted by Crippen LogP contribution is 2.39. The predicted octanol–water partition coefficient (Wildman–Crippen LogP) is 4.73. The number of carbonyl (C=O) groups is 1. The van der Waals surface area contributed by atoms with Crippen LogP contribution in [0.5, 0.6) is 0 Å². The van der Waals surface area contributed by atoms with E-state index in [0.29, 0.717) is 5.91 Å². The van der Waals surface area contributed by atoms with Gasteiger partial charge in [-0.15, -0.1) is 0 Å². The molecule has 0 radical (unpaired) electrons. The molecule has 1 heterocycles. The van der Waals surface area contributed by atoms with Crippen LogP contribution in [0.25, 0.3) is 0 Å². The molecule has 1 amide bonds. The molecule has 0 spiro atoms. The van der Waals surface area contributed by atoms with Crippen molar-refractivity contribution in [1.29, 1.82) is 0 Å². The molecule has 2 aromatic carbocycles. The van der Waals surface area contributed by atoms with Gasteiger partial charge in [0.1, 0.15) is 0 Å². The van der Waals surface area contributed by atoms with E-state index in [2.05, 4.69) is 42.2 Å². The highest BCUT2D eigenvalue weighted by Gasteiger charge is 2.38. The van der Waals surface area contributed by atoms with Crippen LogP contribution in [0.1, 0.15) is 41.1 Å². The fourth-order valence-electron chi connectivity index (χ4n) is 4.27. The Kier molecular flexibility index (Phi) is 4.09. The minimum Gasteiger partial charge on any atom is -0.335 e. The smallest absolute Gasteiger partial charge is 0.226 e. The largest absolute Gasteiger partial charge is 0.335 e. The van der Waals surface area contributed by atoms with E-state index in [1.807, 2.05) is 12.1 Å². The lowest BCUT2D eigenvalue weighted by atomic mass is 9.95. The Morgan fingerprint density at radius 2 is 2.00 bits per heavy atom. The maximum atomic E-state index is 13.0. The van der Waals surface area contributed by atoms with Crippen molar-refractivity contribution in [3.05, 3.63) is 69.7 Å². The number of benzene rings is 2. The number of rotatable bonds is 3. The molecular formula is C21H22ClNO. The number of hydrogen-bond donors (Lipinski definition) is 0. The number of aryl methyl sites for hydroxylation is 2. The van der Waals surface area contributed by atoms with Gasteiger partial charge in [-0.1, -0.05) is 41.9 Å². The third-order valence-electron chi connectivity index (χ3n) is 5.60. The van der Waals surface area contributed by atoms with E-state index in [-0.39, 0.29) is 12.0 Å². The molecule has 2 nitrogen and oxygen atoms in total. The molecular weight excluding hydrogens is 318 g/mol. The van der Waals surface area contributed by atoms with Gasteiger partial charge in [0, 0.05) is 17.5 Å². The molecule has 2 aliphatic rings. The Bertz CT molecular complexity index is 785. The van der Waals surface area contributed by atoms with Crippen molar-refractivity contribution in [3.8, 4) is 0 Å². The van der Waals surface area contributed by atoms with Crippen LogP contribution in [0.3, 0.4) is 0 Å². The summed E-state index contributed by atoms with van der Waals surface area (Å²) in [7, 11) is 0. The second-order valence-electron chi connectivity index (χ2n) is 7.05. The van der Waals surface area contributed by atoms with Crippen LogP contribution in [0.4, 0.5) is 0 Å². The van der Waals surface area contributed by atoms with Crippen molar-refractivity contribution in [3.63, 3.8) is 0 Å². The first-order valence-electron chi connectivity index (χ1n) is 8.77. The van der Waals surface area contributed by atoms with E-state index in [9.17, 15) is 4.79 Å². The van der Waals surface area contributed by atoms with Gasteiger partial charge in [-0.25, -0.2) is 0 Å². The summed E-state index contributed by atoms with van der Waals surface area (Å²) >= 11 is 6.04. The summed E-state index contributed by atoms with van der Waals surface area (Å²) in [6.07, 6.45) is 3.94. The van der Waals surface area contributed by atoms with Crippen LogP contribution in [-0.4, -0.2) is 17.4 Å². The van der Waals surface area contributed by atoms with Crippen molar-refractivity contribution in [2.75, 3.05) is 6.54 Å². The van der Waals surface area contributed by atoms with Gasteiger partial charge >= 0.3 is 0 Å². The van der Waals surface area contributed by atoms with E-state index in [1.165, 1.54) is 22.3 Å². The lowest BCUT2D eigenvalue weighted by Gasteiger charge is -2.25. The highest BCUT2D eigenvalue weighted by molar-refractivity contribution is 6.30. The molecule has 1 aliphatic carbocycles. The van der Waals surface area contributed by atoms with Gasteiger partial charge in [0.05, 0.1) is 6.04 Å². The zero-order valence-corrected chi connectivity index (χ0v) is 14.7. The molecule has 0 aromatic heterocycles. The summed E-state index contributed by atoms with van der Waals surface area (Å²) in [4.78, 5) is 15.1. The summed E-state index contributed by atoms with van der Waals surface area (Å²) in [6, 6.07) is 14.8. The van der Waals surface area contributed by atoms with Crippen molar-refractivity contribution < 1.29 is 4.79 Å². The molecule has 2 unspecified atom stereocenters. The molecule has 0 saturated carbocycles. The second-order valence-corrected chi connectivity index (χ2v) is 7.48. The van der Waals surface area contributed by atoms with E-state index in [1.54, 1.807) is 0 Å². The lowest BCUT2D eigenvalue weighted by molar-refractivity contribution is -0.133. The quantitative estimate of drug-likeness (QED) is 0.791. The second kappa shape index (κ2) is 6.25. The number of carbonyl (C=O) groups excluding carboxylic acids is 1. The Labute approximate surface area is 148 Å². The fraction of sp³-hybridized carbons (Fsp3) is 0.381. The SMILES string of the molecule is Cc1cc(Cl)ccc1CC1CCN(C2CCc3ccccc32)C1=O. The first-order valence-corrected chi connectivity index (χ1v) is 9.14. The van der Waals surface area contributed by atoms with Crippen molar-refractivity contribution >= 4 is 17.5 Å². The monoisotopic (exact) mass is 339 g/mol. The number of likely N-dealkylation sites (tertiary alicyclic amines) is 1. The molecule has 2 aromatic rings. The lowest BCUT2D eigenvalue weighted by Crippen LogP contribution is -2.31. The van der Waals surface area contributed by atoms with Gasteiger partial charge < -0.3 is 4.90 Å². The van der Waals surface area contributed by atoms with E-state index in [4.69, 9.17) is 11.6 Å².